The molecule has 0 aliphatic heterocycles. The first kappa shape index (κ1) is 37.8. The molecule has 44 heavy (non-hydrogen) atoms. The maximum absolute atomic E-state index is 13.4. The lowest BCUT2D eigenvalue weighted by Crippen LogP contribution is -2.58. The van der Waals surface area contributed by atoms with Crippen molar-refractivity contribution in [3.8, 4) is 0 Å². The first-order valence-corrected chi connectivity index (χ1v) is 14.9. The fourth-order valence-electron chi connectivity index (χ4n) is 4.05. The first-order chi connectivity index (χ1) is 20.6. The monoisotopic (exact) mass is 619 g/mol. The van der Waals surface area contributed by atoms with Crippen molar-refractivity contribution in [2.45, 2.75) is 98.0 Å². The number of hydrogen-bond donors (Lipinski definition) is 7. The molecule has 1 aromatic carbocycles. The van der Waals surface area contributed by atoms with Crippen molar-refractivity contribution in [2.75, 3.05) is 11.9 Å². The zero-order valence-electron chi connectivity index (χ0n) is 26.5. The molecule has 0 radical (unpaired) electrons. The molecule has 0 fully saturated rings. The van der Waals surface area contributed by atoms with Crippen LogP contribution in [0.15, 0.2) is 24.3 Å². The highest BCUT2D eigenvalue weighted by atomic mass is 16.5. The number of carbonyl (C=O) groups is 6. The maximum Gasteiger partial charge on any atom is 0.312 e. The van der Waals surface area contributed by atoms with Gasteiger partial charge in [0.1, 0.15) is 18.7 Å². The number of esters is 1. The van der Waals surface area contributed by atoms with E-state index in [2.05, 4.69) is 26.6 Å². The molecule has 0 bridgehead atoms. The van der Waals surface area contributed by atoms with Crippen LogP contribution in [0.1, 0.15) is 72.8 Å². The van der Waals surface area contributed by atoms with Gasteiger partial charge >= 0.3 is 12.0 Å². The molecule has 0 aliphatic carbocycles. The Bertz CT molecular complexity index is 1120. The van der Waals surface area contributed by atoms with Crippen molar-refractivity contribution in [1.82, 2.24) is 21.3 Å². The third-order valence-corrected chi connectivity index (χ3v) is 6.45. The van der Waals surface area contributed by atoms with E-state index in [9.17, 15) is 28.8 Å². The van der Waals surface area contributed by atoms with E-state index in [-0.39, 0.29) is 56.3 Å². The van der Waals surface area contributed by atoms with Gasteiger partial charge in [0.25, 0.3) is 0 Å². The van der Waals surface area contributed by atoms with Crippen LogP contribution in [0.2, 0.25) is 0 Å². The molecule has 6 amide bonds. The number of hydrogen-bond acceptors (Lipinski definition) is 8. The lowest BCUT2D eigenvalue weighted by Gasteiger charge is -2.28. The SMILES string of the molecule is CC(C)N[C@H](CCC(N)=O)C(=O)N[C@@H](C(=O)N[C@@H](CCCNC(N)=O)C(=O)Nc1ccc(COC(=O)C(C)C)cc1)C(C)C. The summed E-state index contributed by atoms with van der Waals surface area (Å²) in [5.74, 6) is -3.01. The molecule has 14 heteroatoms. The van der Waals surface area contributed by atoms with Crippen LogP contribution in [0.4, 0.5) is 10.5 Å². The lowest BCUT2D eigenvalue weighted by molar-refractivity contribution is -0.148. The van der Waals surface area contributed by atoms with Crippen LogP contribution in [0.5, 0.6) is 0 Å². The third kappa shape index (κ3) is 14.8. The molecule has 0 saturated heterocycles. The summed E-state index contributed by atoms with van der Waals surface area (Å²) >= 11 is 0. The predicted octanol–water partition coefficient (Wildman–Crippen LogP) is 1.03. The Hall–Kier alpha value is -4.20. The number of carbonyl (C=O) groups excluding carboxylic acids is 6. The quantitative estimate of drug-likeness (QED) is 0.0872. The fourth-order valence-corrected chi connectivity index (χ4v) is 4.05. The standard InChI is InChI=1S/C30H49N7O7/c1-17(2)25(37-27(40)23(34-19(5)6)13-14-24(31)38)28(41)36-22(8-7-15-33-30(32)43)26(39)35-21-11-9-20(10-12-21)16-44-29(42)18(3)4/h9-12,17-19,22-23,25,34H,7-8,13-16H2,1-6H3,(H2,31,38)(H,35,39)(H,36,41)(H,37,40)(H3,32,33,43)/t22-,23+,25+/m0/s1. The van der Waals surface area contributed by atoms with Crippen LogP contribution in [0.25, 0.3) is 0 Å². The summed E-state index contributed by atoms with van der Waals surface area (Å²) in [5.41, 5.74) is 11.6. The van der Waals surface area contributed by atoms with Gasteiger partial charge in [-0.05, 0) is 42.9 Å². The van der Waals surface area contributed by atoms with Crippen molar-refractivity contribution < 1.29 is 33.5 Å². The molecule has 246 valence electrons. The first-order valence-electron chi connectivity index (χ1n) is 14.9. The molecule has 0 heterocycles. The zero-order chi connectivity index (χ0) is 33.4. The van der Waals surface area contributed by atoms with E-state index in [1.165, 1.54) is 0 Å². The Balaban J connectivity index is 3.02. The van der Waals surface area contributed by atoms with Crippen LogP contribution in [-0.2, 0) is 35.3 Å². The summed E-state index contributed by atoms with van der Waals surface area (Å²) < 4.78 is 5.22. The van der Waals surface area contributed by atoms with Gasteiger partial charge in [0, 0.05) is 24.7 Å². The van der Waals surface area contributed by atoms with Gasteiger partial charge in [0.05, 0.1) is 12.0 Å². The normalized spacial score (nSPS) is 13.1. The minimum absolute atomic E-state index is 0.0119. The van der Waals surface area contributed by atoms with Crippen LogP contribution in [-0.4, -0.2) is 66.3 Å². The van der Waals surface area contributed by atoms with Gasteiger partial charge in [-0.3, -0.25) is 24.0 Å². The Kier molecular flexibility index (Phi) is 16.5. The number of rotatable bonds is 19. The van der Waals surface area contributed by atoms with E-state index in [1.807, 2.05) is 13.8 Å². The van der Waals surface area contributed by atoms with E-state index in [4.69, 9.17) is 16.2 Å². The molecule has 1 rings (SSSR count). The summed E-state index contributed by atoms with van der Waals surface area (Å²) in [4.78, 5) is 74.0. The molecule has 0 aromatic heterocycles. The highest BCUT2D eigenvalue weighted by Gasteiger charge is 2.31. The summed E-state index contributed by atoms with van der Waals surface area (Å²) in [6.45, 7) is 11.0. The molecule has 9 N–H and O–H groups in total. The summed E-state index contributed by atoms with van der Waals surface area (Å²) in [5, 5.41) is 13.8. The van der Waals surface area contributed by atoms with E-state index >= 15 is 0 Å². The Labute approximate surface area is 259 Å². The van der Waals surface area contributed by atoms with Gasteiger partial charge in [-0.2, -0.15) is 0 Å². The van der Waals surface area contributed by atoms with E-state index in [0.717, 1.165) is 5.56 Å². The van der Waals surface area contributed by atoms with E-state index in [1.54, 1.807) is 52.0 Å². The van der Waals surface area contributed by atoms with Crippen LogP contribution < -0.4 is 38.1 Å². The molecule has 0 aliphatic rings. The number of ether oxygens (including phenoxy) is 1. The zero-order valence-corrected chi connectivity index (χ0v) is 26.5. The topological polar surface area (TPSA) is 224 Å². The highest BCUT2D eigenvalue weighted by molar-refractivity contribution is 5.98. The van der Waals surface area contributed by atoms with Gasteiger partial charge < -0.3 is 42.8 Å². The maximum atomic E-state index is 13.4. The second kappa shape index (κ2) is 19.2. The average molecular weight is 620 g/mol. The molecular weight excluding hydrogens is 570 g/mol. The van der Waals surface area contributed by atoms with Crippen molar-refractivity contribution >= 4 is 41.3 Å². The number of amides is 6. The second-order valence-corrected chi connectivity index (χ2v) is 11.6. The van der Waals surface area contributed by atoms with Crippen molar-refractivity contribution in [2.24, 2.45) is 23.3 Å². The highest BCUT2D eigenvalue weighted by Crippen LogP contribution is 2.13. The van der Waals surface area contributed by atoms with Gasteiger partial charge in [0.2, 0.25) is 23.6 Å². The number of anilines is 1. The van der Waals surface area contributed by atoms with E-state index in [0.29, 0.717) is 12.1 Å². The Morgan fingerprint density at radius 2 is 1.43 bits per heavy atom. The Morgan fingerprint density at radius 1 is 0.795 bits per heavy atom. The van der Waals surface area contributed by atoms with Crippen LogP contribution in [0, 0.1) is 11.8 Å². The molecule has 14 nitrogen and oxygen atoms in total. The smallest absolute Gasteiger partial charge is 0.312 e. The molecule has 3 atom stereocenters. The number of benzene rings is 1. The summed E-state index contributed by atoms with van der Waals surface area (Å²) in [7, 11) is 0. The number of primary amides is 2. The van der Waals surface area contributed by atoms with Crippen molar-refractivity contribution in [3.63, 3.8) is 0 Å². The number of urea groups is 1. The van der Waals surface area contributed by atoms with Gasteiger partial charge in [0.15, 0.2) is 0 Å². The third-order valence-electron chi connectivity index (χ3n) is 6.45. The summed E-state index contributed by atoms with van der Waals surface area (Å²) in [6.07, 6.45) is 0.633. The van der Waals surface area contributed by atoms with Crippen molar-refractivity contribution in [3.05, 3.63) is 29.8 Å². The molecule has 0 saturated carbocycles. The van der Waals surface area contributed by atoms with Crippen molar-refractivity contribution in [1.29, 1.82) is 0 Å². The number of nitrogens with two attached hydrogens (primary N) is 2. The van der Waals surface area contributed by atoms with Crippen LogP contribution >= 0.6 is 0 Å². The average Bonchev–Trinajstić information content (AvgIpc) is 2.93. The predicted molar refractivity (Wildman–Crippen MR) is 166 cm³/mol. The summed E-state index contributed by atoms with van der Waals surface area (Å²) in [6, 6.07) is 3.17. The number of nitrogens with one attached hydrogen (secondary N) is 5. The van der Waals surface area contributed by atoms with Gasteiger partial charge in [-0.15, -0.1) is 0 Å². The van der Waals surface area contributed by atoms with E-state index < -0.39 is 47.8 Å². The Morgan fingerprint density at radius 3 is 1.95 bits per heavy atom. The van der Waals surface area contributed by atoms with Gasteiger partial charge in [-0.1, -0.05) is 53.7 Å². The molecule has 0 unspecified atom stereocenters. The van der Waals surface area contributed by atoms with Crippen LogP contribution in [0.3, 0.4) is 0 Å². The lowest BCUT2D eigenvalue weighted by atomic mass is 10.0. The molecule has 0 spiro atoms. The molecular formula is C30H49N7O7. The largest absolute Gasteiger partial charge is 0.461 e. The fraction of sp³-hybridized carbons (Fsp3) is 0.600. The van der Waals surface area contributed by atoms with Gasteiger partial charge in [-0.25, -0.2) is 4.79 Å². The minimum Gasteiger partial charge on any atom is -0.461 e. The minimum atomic E-state index is -1.01. The second-order valence-electron chi connectivity index (χ2n) is 11.6. The molecule has 1 aromatic rings.